The lowest BCUT2D eigenvalue weighted by molar-refractivity contribution is 1.14. The highest BCUT2D eigenvalue weighted by molar-refractivity contribution is 6.35. The number of hydrogen-bond donors (Lipinski definition) is 3. The summed E-state index contributed by atoms with van der Waals surface area (Å²) in [7, 11) is 0. The predicted octanol–water partition coefficient (Wildman–Crippen LogP) is 3.71. The van der Waals surface area contributed by atoms with Crippen LogP contribution in [-0.2, 0) is 0 Å². The van der Waals surface area contributed by atoms with Crippen molar-refractivity contribution >= 4 is 46.2 Å². The van der Waals surface area contributed by atoms with Crippen molar-refractivity contribution in [1.82, 2.24) is 9.97 Å². The summed E-state index contributed by atoms with van der Waals surface area (Å²) in [6.45, 7) is 4.18. The molecule has 0 unspecified atom stereocenters. The van der Waals surface area contributed by atoms with Crippen LogP contribution in [0, 0.1) is 0 Å². The first-order chi connectivity index (χ1) is 9.61. The second-order valence-corrected chi connectivity index (χ2v) is 4.75. The number of anilines is 4. The Balaban J connectivity index is 2.29. The lowest BCUT2D eigenvalue weighted by Crippen LogP contribution is -2.08. The Labute approximate surface area is 126 Å². The molecule has 0 spiro atoms. The normalized spacial score (nSPS) is 10.1. The summed E-state index contributed by atoms with van der Waals surface area (Å²) in [6, 6.07) is 5.10. The van der Waals surface area contributed by atoms with E-state index < -0.39 is 0 Å². The second-order valence-electron chi connectivity index (χ2n) is 3.90. The smallest absolute Gasteiger partial charge is 0.159 e. The van der Waals surface area contributed by atoms with Crippen LogP contribution in [0.15, 0.2) is 37.2 Å². The number of hydrogen-bond acceptors (Lipinski definition) is 5. The molecule has 0 aliphatic rings. The molecule has 0 aliphatic carbocycles. The number of nitrogens with zero attached hydrogens (tertiary/aromatic N) is 2. The molecule has 2 aromatic rings. The van der Waals surface area contributed by atoms with E-state index in [1.165, 1.54) is 6.33 Å². The van der Waals surface area contributed by atoms with Gasteiger partial charge in [-0.3, -0.25) is 0 Å². The van der Waals surface area contributed by atoms with E-state index in [0.717, 1.165) is 0 Å². The fourth-order valence-electron chi connectivity index (χ4n) is 1.53. The second kappa shape index (κ2) is 6.45. The maximum absolute atomic E-state index is 6.09. The number of rotatable bonds is 5. The Kier molecular flexibility index (Phi) is 4.65. The van der Waals surface area contributed by atoms with Crippen LogP contribution in [0.5, 0.6) is 0 Å². The van der Waals surface area contributed by atoms with E-state index in [-0.39, 0.29) is 0 Å². The molecule has 0 radical (unpaired) electrons. The number of benzene rings is 1. The van der Waals surface area contributed by atoms with Crippen molar-refractivity contribution in [2.75, 3.05) is 22.9 Å². The number of nitrogens with two attached hydrogens (primary N) is 1. The van der Waals surface area contributed by atoms with E-state index >= 15 is 0 Å². The third-order valence-electron chi connectivity index (χ3n) is 2.48. The van der Waals surface area contributed by atoms with E-state index in [0.29, 0.717) is 39.6 Å². The highest BCUT2D eigenvalue weighted by Crippen LogP contribution is 2.31. The van der Waals surface area contributed by atoms with Crippen LogP contribution in [0.3, 0.4) is 0 Å². The van der Waals surface area contributed by atoms with Gasteiger partial charge in [0.15, 0.2) is 11.6 Å². The van der Waals surface area contributed by atoms with E-state index in [9.17, 15) is 0 Å². The zero-order valence-corrected chi connectivity index (χ0v) is 12.0. The first-order valence-electron chi connectivity index (χ1n) is 5.79. The van der Waals surface area contributed by atoms with Gasteiger partial charge < -0.3 is 16.4 Å². The molecule has 1 aromatic heterocycles. The van der Waals surface area contributed by atoms with Gasteiger partial charge in [0.05, 0.1) is 10.7 Å². The largest absolute Gasteiger partial charge is 0.393 e. The van der Waals surface area contributed by atoms with Gasteiger partial charge in [0.25, 0.3) is 0 Å². The highest BCUT2D eigenvalue weighted by Gasteiger charge is 2.09. The molecular formula is C13H13Cl2N5. The fraction of sp³-hybridized carbons (Fsp3) is 0.0769. The first-order valence-corrected chi connectivity index (χ1v) is 6.54. The molecule has 5 nitrogen and oxygen atoms in total. The van der Waals surface area contributed by atoms with Crippen molar-refractivity contribution in [3.63, 3.8) is 0 Å². The first kappa shape index (κ1) is 14.4. The molecule has 20 heavy (non-hydrogen) atoms. The molecule has 4 N–H and O–H groups in total. The topological polar surface area (TPSA) is 75.9 Å². The Hall–Kier alpha value is -1.98. The lowest BCUT2D eigenvalue weighted by atomic mass is 10.3. The van der Waals surface area contributed by atoms with E-state index in [1.807, 2.05) is 0 Å². The summed E-state index contributed by atoms with van der Waals surface area (Å²) in [4.78, 5) is 8.16. The summed E-state index contributed by atoms with van der Waals surface area (Å²) < 4.78 is 0. The van der Waals surface area contributed by atoms with Gasteiger partial charge in [-0.2, -0.15) is 0 Å². The minimum absolute atomic E-state index is 0.394. The third-order valence-corrected chi connectivity index (χ3v) is 3.04. The predicted molar refractivity (Wildman–Crippen MR) is 84.9 cm³/mol. The van der Waals surface area contributed by atoms with Crippen molar-refractivity contribution < 1.29 is 0 Å². The van der Waals surface area contributed by atoms with E-state index in [4.69, 9.17) is 28.9 Å². The molecular weight excluding hydrogens is 297 g/mol. The maximum Gasteiger partial charge on any atom is 0.159 e. The number of aromatic nitrogens is 2. The van der Waals surface area contributed by atoms with Crippen LogP contribution in [-0.4, -0.2) is 16.5 Å². The summed E-state index contributed by atoms with van der Waals surface area (Å²) in [5.41, 5.74) is 7.02. The molecule has 2 rings (SSSR count). The van der Waals surface area contributed by atoms with Gasteiger partial charge in [0, 0.05) is 11.6 Å². The zero-order valence-electron chi connectivity index (χ0n) is 10.5. The van der Waals surface area contributed by atoms with Crippen LogP contribution in [0.25, 0.3) is 0 Å². The molecule has 0 aliphatic heterocycles. The molecule has 104 valence electrons. The molecule has 0 saturated carbocycles. The van der Waals surface area contributed by atoms with E-state index in [1.54, 1.807) is 24.3 Å². The zero-order chi connectivity index (χ0) is 14.5. The van der Waals surface area contributed by atoms with Crippen LogP contribution >= 0.6 is 23.2 Å². The van der Waals surface area contributed by atoms with Gasteiger partial charge in [0.2, 0.25) is 0 Å². The van der Waals surface area contributed by atoms with Gasteiger partial charge in [0.1, 0.15) is 12.0 Å². The van der Waals surface area contributed by atoms with Gasteiger partial charge >= 0.3 is 0 Å². The molecule has 0 saturated heterocycles. The van der Waals surface area contributed by atoms with Gasteiger partial charge in [-0.25, -0.2) is 9.97 Å². The van der Waals surface area contributed by atoms with Crippen molar-refractivity contribution in [1.29, 1.82) is 0 Å². The Morgan fingerprint density at radius 3 is 2.75 bits per heavy atom. The van der Waals surface area contributed by atoms with Gasteiger partial charge in [-0.1, -0.05) is 29.3 Å². The van der Waals surface area contributed by atoms with Crippen LogP contribution in [0.2, 0.25) is 10.0 Å². The van der Waals surface area contributed by atoms with Crippen LogP contribution < -0.4 is 16.4 Å². The quantitative estimate of drug-likeness (QED) is 0.734. The summed E-state index contributed by atoms with van der Waals surface area (Å²) >= 11 is 12.0. The standard InChI is InChI=1S/C13H13Cl2N5/c1-2-5-17-12-11(16)13(19-7-18-12)20-10-6-8(14)3-4-9(10)15/h2-4,6-7H,1,5,16H2,(H2,17,18,19,20). The molecule has 0 atom stereocenters. The number of halogens is 2. The number of nitrogens with one attached hydrogen (secondary N) is 2. The van der Waals surface area contributed by atoms with E-state index in [2.05, 4.69) is 27.2 Å². The van der Waals surface area contributed by atoms with Crippen LogP contribution in [0.4, 0.5) is 23.0 Å². The summed E-state index contributed by atoms with van der Waals surface area (Å²) in [5.74, 6) is 0.983. The molecule has 1 heterocycles. The SMILES string of the molecule is C=CCNc1ncnc(Nc2cc(Cl)ccc2Cl)c1N. The average Bonchev–Trinajstić information content (AvgIpc) is 2.44. The third kappa shape index (κ3) is 3.31. The van der Waals surface area contributed by atoms with Crippen molar-refractivity contribution in [3.8, 4) is 0 Å². The Morgan fingerprint density at radius 1 is 1.25 bits per heavy atom. The minimum atomic E-state index is 0.394. The molecule has 7 heteroatoms. The lowest BCUT2D eigenvalue weighted by Gasteiger charge is -2.12. The van der Waals surface area contributed by atoms with Gasteiger partial charge in [-0.15, -0.1) is 6.58 Å². The Morgan fingerprint density at radius 2 is 2.00 bits per heavy atom. The molecule has 0 bridgehead atoms. The van der Waals surface area contributed by atoms with Crippen LogP contribution in [0.1, 0.15) is 0 Å². The van der Waals surface area contributed by atoms with Gasteiger partial charge in [-0.05, 0) is 18.2 Å². The fourth-order valence-corrected chi connectivity index (χ4v) is 1.86. The highest BCUT2D eigenvalue weighted by atomic mass is 35.5. The minimum Gasteiger partial charge on any atom is -0.393 e. The maximum atomic E-state index is 6.09. The summed E-state index contributed by atoms with van der Waals surface area (Å²) in [5, 5.41) is 7.15. The van der Waals surface area contributed by atoms with Crippen molar-refractivity contribution in [3.05, 3.63) is 47.2 Å². The van der Waals surface area contributed by atoms with Crippen molar-refractivity contribution in [2.24, 2.45) is 0 Å². The molecule has 0 fully saturated rings. The molecule has 1 aromatic carbocycles. The monoisotopic (exact) mass is 309 g/mol. The average molecular weight is 310 g/mol. The van der Waals surface area contributed by atoms with Crippen molar-refractivity contribution in [2.45, 2.75) is 0 Å². The molecule has 0 amide bonds. The Bertz CT molecular complexity index is 630. The number of nitrogen functional groups attached to an aromatic ring is 1. The summed E-state index contributed by atoms with van der Waals surface area (Å²) in [6.07, 6.45) is 3.12.